The zero-order chi connectivity index (χ0) is 11.0. The maximum atomic E-state index is 5.81. The fourth-order valence-corrected chi connectivity index (χ4v) is 2.60. The Bertz CT molecular complexity index is 482. The van der Waals surface area contributed by atoms with Crippen LogP contribution in [0.5, 0.6) is 0 Å². The highest BCUT2D eigenvalue weighted by Crippen LogP contribution is 2.33. The second-order valence-corrected chi connectivity index (χ2v) is 4.73. The number of hydrogen-bond acceptors (Lipinski definition) is 3. The molecule has 2 heterocycles. The molecule has 80 valence electrons. The SMILES string of the molecule is CCc1c(N)n[nH]c1-c1csc(C)c1C. The Labute approximate surface area is 93.3 Å². The van der Waals surface area contributed by atoms with Crippen LogP contribution in [-0.4, -0.2) is 10.2 Å². The van der Waals surface area contributed by atoms with Crippen molar-refractivity contribution in [1.82, 2.24) is 10.2 Å². The van der Waals surface area contributed by atoms with Crippen molar-refractivity contribution in [1.29, 1.82) is 0 Å². The molecule has 0 amide bonds. The molecule has 2 aromatic rings. The fraction of sp³-hybridized carbons (Fsp3) is 0.364. The van der Waals surface area contributed by atoms with E-state index in [0.717, 1.165) is 17.7 Å². The summed E-state index contributed by atoms with van der Waals surface area (Å²) in [6.07, 6.45) is 0.909. The summed E-state index contributed by atoms with van der Waals surface area (Å²) >= 11 is 1.77. The van der Waals surface area contributed by atoms with Gasteiger partial charge in [0, 0.05) is 21.4 Å². The van der Waals surface area contributed by atoms with Gasteiger partial charge in [-0.1, -0.05) is 6.92 Å². The minimum Gasteiger partial charge on any atom is -0.382 e. The van der Waals surface area contributed by atoms with Gasteiger partial charge in [-0.2, -0.15) is 5.10 Å². The number of hydrogen-bond donors (Lipinski definition) is 2. The van der Waals surface area contributed by atoms with Crippen LogP contribution in [0.3, 0.4) is 0 Å². The van der Waals surface area contributed by atoms with Crippen LogP contribution in [0, 0.1) is 13.8 Å². The minimum absolute atomic E-state index is 0.621. The van der Waals surface area contributed by atoms with Crippen LogP contribution in [0.2, 0.25) is 0 Å². The van der Waals surface area contributed by atoms with Crippen molar-refractivity contribution >= 4 is 17.2 Å². The molecule has 0 aliphatic heterocycles. The molecule has 0 fully saturated rings. The van der Waals surface area contributed by atoms with Crippen LogP contribution in [0.15, 0.2) is 5.38 Å². The van der Waals surface area contributed by atoms with Crippen molar-refractivity contribution < 1.29 is 0 Å². The zero-order valence-corrected chi connectivity index (χ0v) is 10.0. The van der Waals surface area contributed by atoms with E-state index in [2.05, 4.69) is 36.3 Å². The second kappa shape index (κ2) is 3.70. The van der Waals surface area contributed by atoms with Gasteiger partial charge < -0.3 is 5.73 Å². The predicted octanol–water partition coefficient (Wildman–Crippen LogP) is 2.90. The van der Waals surface area contributed by atoms with Crippen LogP contribution in [-0.2, 0) is 6.42 Å². The van der Waals surface area contributed by atoms with E-state index in [4.69, 9.17) is 5.73 Å². The Balaban J connectivity index is 2.58. The highest BCUT2D eigenvalue weighted by Gasteiger charge is 2.14. The first-order valence-corrected chi connectivity index (χ1v) is 5.90. The normalized spacial score (nSPS) is 10.9. The molecule has 0 aliphatic carbocycles. The predicted molar refractivity (Wildman–Crippen MR) is 65.2 cm³/mol. The number of aromatic nitrogens is 2. The van der Waals surface area contributed by atoms with Gasteiger partial charge in [0.2, 0.25) is 0 Å². The Morgan fingerprint density at radius 3 is 2.73 bits per heavy atom. The number of anilines is 1. The van der Waals surface area contributed by atoms with Crippen LogP contribution in [0.4, 0.5) is 5.82 Å². The number of thiophene rings is 1. The van der Waals surface area contributed by atoms with Gasteiger partial charge in [-0.05, 0) is 25.8 Å². The van der Waals surface area contributed by atoms with Gasteiger partial charge in [0.25, 0.3) is 0 Å². The number of rotatable bonds is 2. The molecule has 0 atom stereocenters. The van der Waals surface area contributed by atoms with Crippen molar-refractivity contribution in [3.05, 3.63) is 21.4 Å². The van der Waals surface area contributed by atoms with E-state index in [1.54, 1.807) is 11.3 Å². The van der Waals surface area contributed by atoms with Gasteiger partial charge in [0.05, 0.1) is 5.69 Å². The van der Waals surface area contributed by atoms with Crippen molar-refractivity contribution in [2.75, 3.05) is 5.73 Å². The monoisotopic (exact) mass is 221 g/mol. The zero-order valence-electron chi connectivity index (χ0n) is 9.22. The second-order valence-electron chi connectivity index (χ2n) is 3.65. The van der Waals surface area contributed by atoms with Crippen LogP contribution < -0.4 is 5.73 Å². The molecular weight excluding hydrogens is 206 g/mol. The first kappa shape index (κ1) is 10.2. The lowest BCUT2D eigenvalue weighted by Crippen LogP contribution is -1.91. The fourth-order valence-electron chi connectivity index (χ4n) is 1.72. The first-order chi connectivity index (χ1) is 7.15. The smallest absolute Gasteiger partial charge is 0.149 e. The summed E-state index contributed by atoms with van der Waals surface area (Å²) in [7, 11) is 0. The van der Waals surface area contributed by atoms with Crippen molar-refractivity contribution in [2.45, 2.75) is 27.2 Å². The molecular formula is C11H15N3S. The molecule has 0 saturated heterocycles. The number of aryl methyl sites for hydroxylation is 1. The maximum absolute atomic E-state index is 5.81. The third-order valence-corrected chi connectivity index (χ3v) is 3.82. The van der Waals surface area contributed by atoms with E-state index in [1.807, 2.05) is 0 Å². The standard InChI is InChI=1S/C11H15N3S/c1-4-8-10(13-14-11(8)12)9-5-15-7(3)6(9)2/h5H,4H2,1-3H3,(H3,12,13,14). The molecule has 0 unspecified atom stereocenters. The summed E-state index contributed by atoms with van der Waals surface area (Å²) in [5, 5.41) is 9.26. The Hall–Kier alpha value is -1.29. The lowest BCUT2D eigenvalue weighted by molar-refractivity contribution is 1.10. The number of nitrogens with zero attached hydrogens (tertiary/aromatic N) is 1. The molecule has 2 rings (SSSR count). The van der Waals surface area contributed by atoms with Gasteiger partial charge in [0.15, 0.2) is 0 Å². The first-order valence-electron chi connectivity index (χ1n) is 5.03. The van der Waals surface area contributed by atoms with Gasteiger partial charge in [-0.3, -0.25) is 5.10 Å². The van der Waals surface area contributed by atoms with Crippen LogP contribution in [0.1, 0.15) is 22.9 Å². The van der Waals surface area contributed by atoms with E-state index in [0.29, 0.717) is 5.82 Å². The van der Waals surface area contributed by atoms with Gasteiger partial charge in [-0.15, -0.1) is 11.3 Å². The molecule has 3 N–H and O–H groups in total. The third-order valence-electron chi connectivity index (χ3n) is 2.81. The van der Waals surface area contributed by atoms with E-state index in [1.165, 1.54) is 16.0 Å². The van der Waals surface area contributed by atoms with E-state index < -0.39 is 0 Å². The average Bonchev–Trinajstić information content (AvgIpc) is 2.73. The quantitative estimate of drug-likeness (QED) is 0.819. The number of nitrogens with one attached hydrogen (secondary N) is 1. The van der Waals surface area contributed by atoms with Crippen LogP contribution in [0.25, 0.3) is 11.3 Å². The Kier molecular flexibility index (Phi) is 2.52. The summed E-state index contributed by atoms with van der Waals surface area (Å²) in [6.45, 7) is 6.37. The highest BCUT2D eigenvalue weighted by atomic mass is 32.1. The molecule has 2 aromatic heterocycles. The molecule has 0 radical (unpaired) electrons. The number of nitrogens with two attached hydrogens (primary N) is 1. The van der Waals surface area contributed by atoms with Crippen molar-refractivity contribution in [3.8, 4) is 11.3 Å². The lowest BCUT2D eigenvalue weighted by atomic mass is 10.0. The molecule has 0 spiro atoms. The summed E-state index contributed by atoms with van der Waals surface area (Å²) < 4.78 is 0. The third kappa shape index (κ3) is 1.55. The minimum atomic E-state index is 0.621. The number of nitrogen functional groups attached to an aromatic ring is 1. The van der Waals surface area contributed by atoms with E-state index in [9.17, 15) is 0 Å². The average molecular weight is 221 g/mol. The number of aromatic amines is 1. The van der Waals surface area contributed by atoms with Crippen molar-refractivity contribution in [3.63, 3.8) is 0 Å². The summed E-state index contributed by atoms with van der Waals surface area (Å²) in [5.41, 5.74) is 10.6. The van der Waals surface area contributed by atoms with Crippen LogP contribution >= 0.6 is 11.3 Å². The Morgan fingerprint density at radius 1 is 1.47 bits per heavy atom. The van der Waals surface area contributed by atoms with Crippen molar-refractivity contribution in [2.24, 2.45) is 0 Å². The maximum Gasteiger partial charge on any atom is 0.149 e. The largest absolute Gasteiger partial charge is 0.382 e. The topological polar surface area (TPSA) is 54.7 Å². The summed E-state index contributed by atoms with van der Waals surface area (Å²) in [6, 6.07) is 0. The van der Waals surface area contributed by atoms with E-state index >= 15 is 0 Å². The molecule has 4 heteroatoms. The van der Waals surface area contributed by atoms with Gasteiger partial charge >= 0.3 is 0 Å². The summed E-state index contributed by atoms with van der Waals surface area (Å²) in [4.78, 5) is 1.35. The lowest BCUT2D eigenvalue weighted by Gasteiger charge is -2.01. The summed E-state index contributed by atoms with van der Waals surface area (Å²) in [5.74, 6) is 0.621. The van der Waals surface area contributed by atoms with Gasteiger partial charge in [-0.25, -0.2) is 0 Å². The highest BCUT2D eigenvalue weighted by molar-refractivity contribution is 7.10. The molecule has 3 nitrogen and oxygen atoms in total. The van der Waals surface area contributed by atoms with E-state index in [-0.39, 0.29) is 0 Å². The molecule has 0 bridgehead atoms. The molecule has 0 aliphatic rings. The number of H-pyrrole nitrogens is 1. The Morgan fingerprint density at radius 2 is 2.20 bits per heavy atom. The molecule has 0 aromatic carbocycles. The molecule has 15 heavy (non-hydrogen) atoms. The molecule has 0 saturated carbocycles. The van der Waals surface area contributed by atoms with Gasteiger partial charge in [0.1, 0.15) is 5.82 Å².